The topological polar surface area (TPSA) is 59.0 Å². The lowest BCUT2D eigenvalue weighted by molar-refractivity contribution is 0.0286. The lowest BCUT2D eigenvalue weighted by atomic mass is 9.98. The van der Waals surface area contributed by atoms with Crippen molar-refractivity contribution in [1.82, 2.24) is 4.90 Å². The highest BCUT2D eigenvalue weighted by Crippen LogP contribution is 2.42. The minimum atomic E-state index is -0.285. The fourth-order valence-corrected chi connectivity index (χ4v) is 3.99. The van der Waals surface area contributed by atoms with Crippen molar-refractivity contribution >= 4 is 17.5 Å². The third-order valence-electron chi connectivity index (χ3n) is 4.62. The molecule has 1 aromatic rings. The maximum Gasteiger partial charge on any atom is 0.254 e. The lowest BCUT2D eigenvalue weighted by Crippen LogP contribution is -2.48. The first-order chi connectivity index (χ1) is 10.1. The van der Waals surface area contributed by atoms with Crippen molar-refractivity contribution in [1.29, 1.82) is 0 Å². The van der Waals surface area contributed by atoms with E-state index < -0.39 is 0 Å². The number of hydrogen-bond donors (Lipinski definition) is 1. The van der Waals surface area contributed by atoms with Gasteiger partial charge in [-0.2, -0.15) is 0 Å². The van der Waals surface area contributed by atoms with E-state index >= 15 is 0 Å². The van der Waals surface area contributed by atoms with Crippen LogP contribution in [0.25, 0.3) is 0 Å². The molecule has 2 atom stereocenters. The number of piperidine rings is 1. The van der Waals surface area contributed by atoms with E-state index in [-0.39, 0.29) is 30.9 Å². The van der Waals surface area contributed by atoms with E-state index in [1.165, 1.54) is 0 Å². The normalized spacial score (nSPS) is 29.8. The predicted molar refractivity (Wildman–Crippen MR) is 75.8 cm³/mol. The van der Waals surface area contributed by atoms with Crippen molar-refractivity contribution in [2.75, 3.05) is 6.79 Å². The molecule has 1 N–H and O–H groups in total. The highest BCUT2D eigenvalue weighted by Gasteiger charge is 2.43. The summed E-state index contributed by atoms with van der Waals surface area (Å²) in [5, 5.41) is 10.2. The minimum Gasteiger partial charge on any atom is -0.454 e. The smallest absolute Gasteiger partial charge is 0.254 e. The number of carbonyl (C=O) groups excluding carboxylic acids is 1. The maximum atomic E-state index is 12.8. The summed E-state index contributed by atoms with van der Waals surface area (Å²) in [6, 6.07) is 3.61. The number of amides is 1. The summed E-state index contributed by atoms with van der Waals surface area (Å²) in [6.07, 6.45) is 2.98. The molecular weight excluding hydrogens is 294 g/mol. The second kappa shape index (κ2) is 4.78. The van der Waals surface area contributed by atoms with Crippen LogP contribution in [0.15, 0.2) is 12.1 Å². The summed E-state index contributed by atoms with van der Waals surface area (Å²) in [7, 11) is 0. The van der Waals surface area contributed by atoms with Crippen LogP contribution in [-0.2, 0) is 0 Å². The first-order valence-electron chi connectivity index (χ1n) is 7.23. The Labute approximate surface area is 127 Å². The van der Waals surface area contributed by atoms with Gasteiger partial charge in [-0.25, -0.2) is 0 Å². The summed E-state index contributed by atoms with van der Waals surface area (Å²) >= 11 is 6.15. The SMILES string of the molecule is O=C(c1cc(Cl)c2c(c1)OCO2)N1C2CCC1CC(O)C2. The van der Waals surface area contributed by atoms with Gasteiger partial charge in [0.15, 0.2) is 11.5 Å². The molecule has 2 bridgehead atoms. The Morgan fingerprint density at radius 2 is 1.95 bits per heavy atom. The van der Waals surface area contributed by atoms with Crippen molar-refractivity contribution < 1.29 is 19.4 Å². The molecule has 0 saturated carbocycles. The zero-order valence-electron chi connectivity index (χ0n) is 11.4. The van der Waals surface area contributed by atoms with Crippen LogP contribution in [0.1, 0.15) is 36.0 Å². The fourth-order valence-electron chi connectivity index (χ4n) is 3.72. The van der Waals surface area contributed by atoms with Crippen molar-refractivity contribution in [2.45, 2.75) is 43.9 Å². The van der Waals surface area contributed by atoms with Crippen LogP contribution in [0.5, 0.6) is 11.5 Å². The molecule has 4 rings (SSSR count). The second-order valence-electron chi connectivity index (χ2n) is 5.91. The Hall–Kier alpha value is -1.46. The quantitative estimate of drug-likeness (QED) is 0.864. The zero-order chi connectivity index (χ0) is 14.6. The Balaban J connectivity index is 1.65. The van der Waals surface area contributed by atoms with Crippen molar-refractivity contribution in [3.8, 4) is 11.5 Å². The van der Waals surface area contributed by atoms with Gasteiger partial charge in [-0.15, -0.1) is 0 Å². The molecule has 5 nitrogen and oxygen atoms in total. The third kappa shape index (κ3) is 2.07. The van der Waals surface area contributed by atoms with Gasteiger partial charge < -0.3 is 19.5 Å². The maximum absolute atomic E-state index is 12.8. The van der Waals surface area contributed by atoms with Gasteiger partial charge in [0, 0.05) is 17.6 Å². The van der Waals surface area contributed by atoms with Gasteiger partial charge in [-0.3, -0.25) is 4.79 Å². The van der Waals surface area contributed by atoms with Crippen LogP contribution in [0.4, 0.5) is 0 Å². The number of fused-ring (bicyclic) bond motifs is 3. The molecule has 0 radical (unpaired) electrons. The molecule has 112 valence electrons. The number of aliphatic hydroxyl groups is 1. The molecule has 2 fully saturated rings. The molecule has 3 heterocycles. The van der Waals surface area contributed by atoms with E-state index in [2.05, 4.69) is 0 Å². The Kier molecular flexibility index (Phi) is 3.01. The molecule has 3 aliphatic rings. The van der Waals surface area contributed by atoms with Crippen LogP contribution in [-0.4, -0.2) is 40.9 Å². The molecule has 0 aromatic heterocycles. The summed E-state index contributed by atoms with van der Waals surface area (Å²) in [6.45, 7) is 0.133. The number of ether oxygens (including phenoxy) is 2. The highest BCUT2D eigenvalue weighted by atomic mass is 35.5. The summed E-state index contributed by atoms with van der Waals surface area (Å²) in [5.74, 6) is 0.995. The zero-order valence-corrected chi connectivity index (χ0v) is 12.2. The molecule has 3 aliphatic heterocycles. The molecule has 0 aliphatic carbocycles. The number of halogens is 1. The van der Waals surface area contributed by atoms with E-state index in [0.29, 0.717) is 34.9 Å². The number of carbonyl (C=O) groups is 1. The van der Waals surface area contributed by atoms with Gasteiger partial charge in [0.05, 0.1) is 11.1 Å². The predicted octanol–water partition coefficient (Wildman–Crippen LogP) is 2.20. The second-order valence-corrected chi connectivity index (χ2v) is 6.32. The standard InChI is InChI=1S/C15H16ClNO4/c16-12-3-8(4-13-14(12)21-7-20-13)15(19)17-9-1-2-10(17)6-11(18)5-9/h3-4,9-11,18H,1-2,5-7H2. The Morgan fingerprint density at radius 1 is 1.24 bits per heavy atom. The first-order valence-corrected chi connectivity index (χ1v) is 7.61. The van der Waals surface area contributed by atoms with E-state index in [1.807, 2.05) is 4.90 Å². The Morgan fingerprint density at radius 3 is 2.67 bits per heavy atom. The van der Waals surface area contributed by atoms with E-state index in [9.17, 15) is 9.90 Å². The van der Waals surface area contributed by atoms with Gasteiger partial charge in [-0.1, -0.05) is 11.6 Å². The van der Waals surface area contributed by atoms with Crippen LogP contribution in [0.2, 0.25) is 5.02 Å². The molecule has 21 heavy (non-hydrogen) atoms. The van der Waals surface area contributed by atoms with Gasteiger partial charge in [-0.05, 0) is 37.8 Å². The van der Waals surface area contributed by atoms with Gasteiger partial charge >= 0.3 is 0 Å². The van der Waals surface area contributed by atoms with Crippen molar-refractivity contribution in [3.63, 3.8) is 0 Å². The molecule has 2 saturated heterocycles. The summed E-state index contributed by atoms with van der Waals surface area (Å²) < 4.78 is 10.6. The van der Waals surface area contributed by atoms with Crippen LogP contribution >= 0.6 is 11.6 Å². The monoisotopic (exact) mass is 309 g/mol. The number of rotatable bonds is 1. The largest absolute Gasteiger partial charge is 0.454 e. The number of hydrogen-bond acceptors (Lipinski definition) is 4. The highest BCUT2D eigenvalue weighted by molar-refractivity contribution is 6.32. The van der Waals surface area contributed by atoms with E-state index in [0.717, 1.165) is 12.8 Å². The molecule has 6 heteroatoms. The number of aliphatic hydroxyl groups excluding tert-OH is 1. The van der Waals surface area contributed by atoms with Crippen molar-refractivity contribution in [3.05, 3.63) is 22.7 Å². The van der Waals surface area contributed by atoms with E-state index in [1.54, 1.807) is 12.1 Å². The molecule has 1 amide bonds. The molecule has 0 spiro atoms. The molecule has 2 unspecified atom stereocenters. The van der Waals surface area contributed by atoms with Gasteiger partial charge in [0.25, 0.3) is 5.91 Å². The molecular formula is C15H16ClNO4. The summed E-state index contributed by atoms with van der Waals surface area (Å²) in [4.78, 5) is 14.7. The van der Waals surface area contributed by atoms with Crippen LogP contribution in [0, 0.1) is 0 Å². The average Bonchev–Trinajstić information content (AvgIpc) is 3.02. The van der Waals surface area contributed by atoms with Crippen molar-refractivity contribution in [2.24, 2.45) is 0 Å². The third-order valence-corrected chi connectivity index (χ3v) is 4.90. The fraction of sp³-hybridized carbons (Fsp3) is 0.533. The molecule has 1 aromatic carbocycles. The van der Waals surface area contributed by atoms with Crippen LogP contribution in [0.3, 0.4) is 0 Å². The van der Waals surface area contributed by atoms with Gasteiger partial charge in [0.2, 0.25) is 6.79 Å². The number of nitrogens with zero attached hydrogens (tertiary/aromatic N) is 1. The van der Waals surface area contributed by atoms with E-state index in [4.69, 9.17) is 21.1 Å². The van der Waals surface area contributed by atoms with Crippen LogP contribution < -0.4 is 9.47 Å². The minimum absolute atomic E-state index is 0.0328. The lowest BCUT2D eigenvalue weighted by Gasteiger charge is -2.37. The number of benzene rings is 1. The average molecular weight is 310 g/mol. The summed E-state index contributed by atoms with van der Waals surface area (Å²) in [5.41, 5.74) is 0.525. The first kappa shape index (κ1) is 13.2. The Bertz CT molecular complexity index is 592. The van der Waals surface area contributed by atoms with Gasteiger partial charge in [0.1, 0.15) is 0 Å².